The summed E-state index contributed by atoms with van der Waals surface area (Å²) >= 11 is 6.53. The zero-order chi connectivity index (χ0) is 19.4. The molecule has 2 aliphatic rings. The number of benzene rings is 2. The van der Waals surface area contributed by atoms with Gasteiger partial charge in [0.15, 0.2) is 5.72 Å². The summed E-state index contributed by atoms with van der Waals surface area (Å²) in [6, 6.07) is 10.8. The second kappa shape index (κ2) is 6.06. The number of rotatable bonds is 1. The molecule has 0 unspecified atom stereocenters. The van der Waals surface area contributed by atoms with Gasteiger partial charge in [-0.1, -0.05) is 29.8 Å². The van der Waals surface area contributed by atoms with Gasteiger partial charge in [0, 0.05) is 41.0 Å². The van der Waals surface area contributed by atoms with Crippen LogP contribution in [0, 0.1) is 6.92 Å². The summed E-state index contributed by atoms with van der Waals surface area (Å²) in [4.78, 5) is 12.3. The number of carbonyl (C=O) groups excluding carboxylic acids is 1. The summed E-state index contributed by atoms with van der Waals surface area (Å²) in [6.45, 7) is 5.91. The smallest absolute Gasteiger partial charge is 0.318 e. The van der Waals surface area contributed by atoms with E-state index in [9.17, 15) is 9.90 Å². The van der Waals surface area contributed by atoms with Crippen molar-refractivity contribution >= 4 is 17.6 Å². The van der Waals surface area contributed by atoms with Crippen LogP contribution in [-0.4, -0.2) is 22.4 Å². The van der Waals surface area contributed by atoms with Gasteiger partial charge in [-0.25, -0.2) is 4.79 Å². The maximum absolute atomic E-state index is 12.3. The number of hydrogen-bond donors (Lipinski definition) is 3. The van der Waals surface area contributed by atoms with Gasteiger partial charge in [-0.15, -0.1) is 0 Å². The number of halogens is 1. The molecule has 0 aromatic heterocycles. The lowest BCUT2D eigenvalue weighted by molar-refractivity contribution is -0.0237. The van der Waals surface area contributed by atoms with Gasteiger partial charge in [-0.3, -0.25) is 0 Å². The van der Waals surface area contributed by atoms with Crippen molar-refractivity contribution in [3.8, 4) is 11.5 Å². The molecule has 0 radical (unpaired) electrons. The molecular weight excluding hydrogens is 364 g/mol. The highest BCUT2D eigenvalue weighted by molar-refractivity contribution is 6.31. The van der Waals surface area contributed by atoms with Crippen molar-refractivity contribution in [1.29, 1.82) is 0 Å². The minimum atomic E-state index is -0.872. The van der Waals surface area contributed by atoms with Crippen LogP contribution in [-0.2, 0) is 0 Å². The summed E-state index contributed by atoms with van der Waals surface area (Å²) in [5, 5.41) is 16.7. The number of carbonyl (C=O) groups is 1. The van der Waals surface area contributed by atoms with E-state index >= 15 is 0 Å². The third-order valence-corrected chi connectivity index (χ3v) is 5.67. The highest BCUT2D eigenvalue weighted by Gasteiger charge is 2.50. The minimum absolute atomic E-state index is 0.0581. The van der Waals surface area contributed by atoms with Gasteiger partial charge >= 0.3 is 6.03 Å². The second-order valence-corrected chi connectivity index (χ2v) is 8.60. The molecule has 142 valence electrons. The van der Waals surface area contributed by atoms with Crippen LogP contribution >= 0.6 is 11.6 Å². The molecule has 2 heterocycles. The summed E-state index contributed by atoms with van der Waals surface area (Å²) in [7, 11) is 0. The van der Waals surface area contributed by atoms with Crippen molar-refractivity contribution in [1.82, 2.24) is 10.6 Å². The fourth-order valence-electron chi connectivity index (χ4n) is 4.52. The van der Waals surface area contributed by atoms with Crippen LogP contribution in [0.15, 0.2) is 36.4 Å². The summed E-state index contributed by atoms with van der Waals surface area (Å²) in [5.41, 5.74) is 1.63. The van der Waals surface area contributed by atoms with Gasteiger partial charge in [0.1, 0.15) is 11.5 Å². The van der Waals surface area contributed by atoms with Crippen molar-refractivity contribution in [2.45, 2.75) is 50.8 Å². The van der Waals surface area contributed by atoms with Crippen LogP contribution in [0.2, 0.25) is 5.02 Å². The molecule has 1 fully saturated rings. The van der Waals surface area contributed by atoms with Gasteiger partial charge < -0.3 is 20.5 Å². The number of nitrogens with one attached hydrogen (secondary N) is 2. The molecule has 2 aliphatic heterocycles. The molecule has 0 bridgehead atoms. The Labute approximate surface area is 163 Å². The maximum atomic E-state index is 12.3. The molecule has 6 heteroatoms. The lowest BCUT2D eigenvalue weighted by Gasteiger charge is -2.49. The van der Waals surface area contributed by atoms with Gasteiger partial charge in [0.05, 0.1) is 0 Å². The topological polar surface area (TPSA) is 70.6 Å². The van der Waals surface area contributed by atoms with E-state index in [2.05, 4.69) is 10.6 Å². The molecule has 2 amide bonds. The molecule has 3 N–H and O–H groups in total. The highest BCUT2D eigenvalue weighted by Crippen LogP contribution is 2.50. The molecule has 2 aromatic carbocycles. The third kappa shape index (κ3) is 3.21. The monoisotopic (exact) mass is 386 g/mol. The molecule has 0 saturated carbocycles. The van der Waals surface area contributed by atoms with Gasteiger partial charge in [-0.2, -0.15) is 0 Å². The highest BCUT2D eigenvalue weighted by atomic mass is 35.5. The van der Waals surface area contributed by atoms with Crippen LogP contribution in [0.25, 0.3) is 0 Å². The van der Waals surface area contributed by atoms with Gasteiger partial charge in [-0.05, 0) is 44.0 Å². The van der Waals surface area contributed by atoms with Crippen molar-refractivity contribution in [2.24, 2.45) is 0 Å². The van der Waals surface area contributed by atoms with Crippen LogP contribution in [0.5, 0.6) is 11.5 Å². The van der Waals surface area contributed by atoms with E-state index in [4.69, 9.17) is 16.3 Å². The van der Waals surface area contributed by atoms with E-state index in [1.54, 1.807) is 12.1 Å². The van der Waals surface area contributed by atoms with Crippen LogP contribution < -0.4 is 15.4 Å². The van der Waals surface area contributed by atoms with E-state index in [1.807, 2.05) is 45.0 Å². The number of phenols is 1. The Bertz CT molecular complexity index is 928. The summed E-state index contributed by atoms with van der Waals surface area (Å²) in [6.07, 6.45) is 1.15. The number of phenolic OH excluding ortho intramolecular Hbond substituents is 1. The number of fused-ring (bicyclic) bond motifs is 1. The quantitative estimate of drug-likeness (QED) is 0.678. The molecular formula is C21H23ClN2O3. The number of ether oxygens (including phenoxy) is 1. The molecule has 1 saturated heterocycles. The molecule has 1 spiro atoms. The van der Waals surface area contributed by atoms with E-state index in [0.717, 1.165) is 16.7 Å². The van der Waals surface area contributed by atoms with Gasteiger partial charge in [0.25, 0.3) is 0 Å². The molecule has 27 heavy (non-hydrogen) atoms. The summed E-state index contributed by atoms with van der Waals surface area (Å²) < 4.78 is 6.34. The zero-order valence-electron chi connectivity index (χ0n) is 15.6. The number of aryl methyl sites for hydroxylation is 1. The van der Waals surface area contributed by atoms with Crippen LogP contribution in [0.4, 0.5) is 4.79 Å². The zero-order valence-corrected chi connectivity index (χ0v) is 16.4. The van der Waals surface area contributed by atoms with Crippen molar-refractivity contribution < 1.29 is 14.6 Å². The fourth-order valence-corrected chi connectivity index (χ4v) is 4.79. The van der Waals surface area contributed by atoms with E-state index in [1.165, 1.54) is 0 Å². The van der Waals surface area contributed by atoms with E-state index in [0.29, 0.717) is 23.6 Å². The fraction of sp³-hybridized carbons (Fsp3) is 0.381. The lowest BCUT2D eigenvalue weighted by atomic mass is 9.76. The van der Waals surface area contributed by atoms with Crippen molar-refractivity contribution in [2.75, 3.05) is 0 Å². The molecule has 0 aliphatic carbocycles. The molecule has 5 nitrogen and oxygen atoms in total. The first-order chi connectivity index (χ1) is 12.7. The molecule has 4 rings (SSSR count). The number of urea groups is 1. The normalized spacial score (nSPS) is 25.9. The third-order valence-electron chi connectivity index (χ3n) is 5.32. The standard InChI is InChI=1S/C21H23ClN2O3/c1-12-8-13(25)9-17-18(12)15(14-6-4-5-7-16(14)22)10-21(27-17)11-20(2,3)23-19(26)24-21/h4-9,15,25H,10-11H2,1-3H3,(H2,23,24,26)/t15-,21+/m1/s1. The first kappa shape index (κ1) is 18.0. The Hall–Kier alpha value is -2.40. The number of hydrogen-bond acceptors (Lipinski definition) is 3. The Kier molecular flexibility index (Phi) is 4.04. The Morgan fingerprint density at radius 2 is 1.96 bits per heavy atom. The maximum Gasteiger partial charge on any atom is 0.318 e. The predicted octanol–water partition coefficient (Wildman–Crippen LogP) is 4.45. The predicted molar refractivity (Wildman–Crippen MR) is 104 cm³/mol. The van der Waals surface area contributed by atoms with Crippen molar-refractivity contribution in [3.05, 3.63) is 58.1 Å². The number of amides is 2. The van der Waals surface area contributed by atoms with Crippen LogP contribution in [0.3, 0.4) is 0 Å². The van der Waals surface area contributed by atoms with E-state index < -0.39 is 11.3 Å². The van der Waals surface area contributed by atoms with Gasteiger partial charge in [0.2, 0.25) is 0 Å². The molecule has 2 aromatic rings. The second-order valence-electron chi connectivity index (χ2n) is 8.19. The van der Waals surface area contributed by atoms with E-state index in [-0.39, 0.29) is 17.7 Å². The Morgan fingerprint density at radius 1 is 1.22 bits per heavy atom. The largest absolute Gasteiger partial charge is 0.508 e. The Morgan fingerprint density at radius 3 is 2.67 bits per heavy atom. The van der Waals surface area contributed by atoms with Crippen molar-refractivity contribution in [3.63, 3.8) is 0 Å². The first-order valence-electron chi connectivity index (χ1n) is 9.05. The first-order valence-corrected chi connectivity index (χ1v) is 9.43. The number of aromatic hydroxyl groups is 1. The average molecular weight is 387 g/mol. The summed E-state index contributed by atoms with van der Waals surface area (Å²) in [5.74, 6) is 0.666. The SMILES string of the molecule is Cc1cc(O)cc2c1[C@@H](c1ccccc1Cl)C[C@@]1(CC(C)(C)NC(=O)N1)O2. The molecule has 2 atom stereocenters. The Balaban J connectivity index is 1.89. The van der Waals surface area contributed by atoms with Crippen LogP contribution in [0.1, 0.15) is 49.3 Å². The average Bonchev–Trinajstić information content (AvgIpc) is 2.51. The minimum Gasteiger partial charge on any atom is -0.508 e. The lowest BCUT2D eigenvalue weighted by Crippen LogP contribution is -2.69.